The number of nitrogens with zero attached hydrogens (tertiary/aromatic N) is 2. The van der Waals surface area contributed by atoms with E-state index >= 15 is 0 Å². The molecule has 0 heterocycles. The van der Waals surface area contributed by atoms with E-state index in [1.807, 2.05) is 13.8 Å². The number of carbonyl (C=O) groups excluding carboxylic acids is 2. The molecule has 0 aliphatic heterocycles. The van der Waals surface area contributed by atoms with E-state index in [4.69, 9.17) is 58.0 Å². The Balaban J connectivity index is 2.48. The fourth-order valence-corrected chi connectivity index (χ4v) is 5.05. The number of nitrogens with one attached hydrogen (secondary N) is 1. The van der Waals surface area contributed by atoms with Crippen LogP contribution in [0, 0.1) is 0 Å². The first-order valence-corrected chi connectivity index (χ1v) is 14.6. The lowest BCUT2D eigenvalue weighted by molar-refractivity contribution is -0.139. The van der Waals surface area contributed by atoms with Crippen LogP contribution >= 0.6 is 58.0 Å². The molecule has 0 aromatic heterocycles. The monoisotopic (exact) mass is 615 g/mol. The van der Waals surface area contributed by atoms with E-state index in [9.17, 15) is 18.0 Å². The number of sulfonamides is 1. The largest absolute Gasteiger partial charge is 0.352 e. The van der Waals surface area contributed by atoms with E-state index in [2.05, 4.69) is 5.32 Å². The smallest absolute Gasteiger partial charge is 0.244 e. The average molecular weight is 618 g/mol. The summed E-state index contributed by atoms with van der Waals surface area (Å²) in [6, 6.07) is 6.31. The molecule has 0 saturated heterocycles. The Labute approximate surface area is 236 Å². The van der Waals surface area contributed by atoms with Gasteiger partial charge in [-0.3, -0.25) is 13.9 Å². The van der Waals surface area contributed by atoms with Gasteiger partial charge in [-0.25, -0.2) is 8.42 Å². The molecule has 0 spiro atoms. The van der Waals surface area contributed by atoms with Crippen molar-refractivity contribution in [3.63, 3.8) is 0 Å². The molecule has 0 unspecified atom stereocenters. The molecule has 2 aromatic carbocycles. The normalized spacial score (nSPS) is 13.1. The highest BCUT2D eigenvalue weighted by molar-refractivity contribution is 7.92. The predicted octanol–water partition coefficient (Wildman–Crippen LogP) is 6.05. The van der Waals surface area contributed by atoms with Crippen LogP contribution in [0.5, 0.6) is 0 Å². The Bertz CT molecular complexity index is 1240. The standard InChI is InChI=1S/C23H26Cl5N3O4S/c1-5-13(2)29-23(33)14(3)30(11-15-6-7-16(24)17(25)8-15)22(32)12-31(36(4,34)35)21-10-19(27)18(26)9-20(21)28/h6-10,13-14H,5,11-12H2,1-4H3,(H,29,33)/t13-,14+/m0/s1. The van der Waals surface area contributed by atoms with Gasteiger partial charge in [-0.2, -0.15) is 0 Å². The van der Waals surface area contributed by atoms with Crippen LogP contribution in [0.15, 0.2) is 30.3 Å². The summed E-state index contributed by atoms with van der Waals surface area (Å²) < 4.78 is 26.2. The lowest BCUT2D eigenvalue weighted by Gasteiger charge is -2.32. The Hall–Kier alpha value is -1.42. The van der Waals surface area contributed by atoms with Crippen LogP contribution in [-0.2, 0) is 26.2 Å². The number of anilines is 1. The minimum atomic E-state index is -3.99. The van der Waals surface area contributed by atoms with Gasteiger partial charge in [0, 0.05) is 12.6 Å². The zero-order chi connectivity index (χ0) is 27.4. The molecular formula is C23H26Cl5N3O4S. The average Bonchev–Trinajstić information content (AvgIpc) is 2.79. The summed E-state index contributed by atoms with van der Waals surface area (Å²) in [7, 11) is -3.99. The number of rotatable bonds is 10. The SMILES string of the molecule is CC[C@H](C)NC(=O)[C@@H](C)N(Cc1ccc(Cl)c(Cl)c1)C(=O)CN(c1cc(Cl)c(Cl)cc1Cl)S(C)(=O)=O. The number of amides is 2. The Kier molecular flexibility index (Phi) is 11.0. The van der Waals surface area contributed by atoms with Gasteiger partial charge in [-0.15, -0.1) is 0 Å². The predicted molar refractivity (Wildman–Crippen MR) is 148 cm³/mol. The summed E-state index contributed by atoms with van der Waals surface area (Å²) in [5, 5.41) is 3.63. The third-order valence-electron chi connectivity index (χ3n) is 5.44. The molecule has 36 heavy (non-hydrogen) atoms. The van der Waals surface area contributed by atoms with E-state index in [1.165, 1.54) is 17.0 Å². The summed E-state index contributed by atoms with van der Waals surface area (Å²) in [6.45, 7) is 4.65. The Morgan fingerprint density at radius 2 is 1.50 bits per heavy atom. The zero-order valence-corrected chi connectivity index (χ0v) is 24.6. The molecule has 2 rings (SSSR count). The molecule has 13 heteroatoms. The van der Waals surface area contributed by atoms with Crippen molar-refractivity contribution < 1.29 is 18.0 Å². The molecule has 0 fully saturated rings. The fraction of sp³-hybridized carbons (Fsp3) is 0.391. The molecule has 0 aliphatic rings. The van der Waals surface area contributed by atoms with Gasteiger partial charge in [-0.1, -0.05) is 71.0 Å². The maximum absolute atomic E-state index is 13.6. The van der Waals surface area contributed by atoms with Gasteiger partial charge < -0.3 is 10.2 Å². The van der Waals surface area contributed by atoms with Crippen molar-refractivity contribution in [2.24, 2.45) is 0 Å². The highest BCUT2D eigenvalue weighted by atomic mass is 35.5. The molecule has 1 N–H and O–H groups in total. The molecule has 2 aromatic rings. The highest BCUT2D eigenvalue weighted by Gasteiger charge is 2.31. The maximum Gasteiger partial charge on any atom is 0.244 e. The molecule has 0 aliphatic carbocycles. The van der Waals surface area contributed by atoms with Crippen LogP contribution in [-0.4, -0.2) is 50.0 Å². The van der Waals surface area contributed by atoms with Crippen molar-refractivity contribution in [1.82, 2.24) is 10.2 Å². The highest BCUT2D eigenvalue weighted by Crippen LogP contribution is 2.35. The first kappa shape index (κ1) is 30.8. The van der Waals surface area contributed by atoms with E-state index in [1.54, 1.807) is 25.1 Å². The van der Waals surface area contributed by atoms with E-state index in [0.717, 1.165) is 10.6 Å². The van der Waals surface area contributed by atoms with E-state index in [-0.39, 0.29) is 38.4 Å². The van der Waals surface area contributed by atoms with Gasteiger partial charge in [-0.05, 0) is 50.1 Å². The fourth-order valence-electron chi connectivity index (χ4n) is 3.18. The van der Waals surface area contributed by atoms with Crippen LogP contribution in [0.25, 0.3) is 0 Å². The van der Waals surface area contributed by atoms with Gasteiger partial charge in [0.15, 0.2) is 0 Å². The second-order valence-electron chi connectivity index (χ2n) is 8.25. The minimum absolute atomic E-state index is 0.0128. The van der Waals surface area contributed by atoms with Crippen LogP contribution in [0.3, 0.4) is 0 Å². The van der Waals surface area contributed by atoms with Crippen LogP contribution < -0.4 is 9.62 Å². The second-order valence-corrected chi connectivity index (χ2v) is 12.2. The molecule has 0 radical (unpaired) electrons. The van der Waals surface area contributed by atoms with E-state index < -0.39 is 34.4 Å². The third kappa shape index (κ3) is 8.04. The van der Waals surface area contributed by atoms with Gasteiger partial charge in [0.1, 0.15) is 12.6 Å². The van der Waals surface area contributed by atoms with Crippen molar-refractivity contribution in [2.45, 2.75) is 45.8 Å². The summed E-state index contributed by atoms with van der Waals surface area (Å²) in [5.74, 6) is -1.04. The first-order valence-electron chi connectivity index (χ1n) is 10.8. The van der Waals surface area contributed by atoms with Crippen LogP contribution in [0.4, 0.5) is 5.69 Å². The Morgan fingerprint density at radius 1 is 0.917 bits per heavy atom. The van der Waals surface area contributed by atoms with Crippen molar-refractivity contribution in [3.05, 3.63) is 61.0 Å². The topological polar surface area (TPSA) is 86.8 Å². The zero-order valence-electron chi connectivity index (χ0n) is 20.0. The Morgan fingerprint density at radius 3 is 2.06 bits per heavy atom. The number of hydrogen-bond acceptors (Lipinski definition) is 4. The van der Waals surface area contributed by atoms with Crippen molar-refractivity contribution in [1.29, 1.82) is 0 Å². The van der Waals surface area contributed by atoms with Gasteiger partial charge >= 0.3 is 0 Å². The lowest BCUT2D eigenvalue weighted by atomic mass is 10.1. The van der Waals surface area contributed by atoms with Crippen molar-refractivity contribution >= 4 is 85.5 Å². The van der Waals surface area contributed by atoms with Gasteiger partial charge in [0.25, 0.3) is 0 Å². The molecular weight excluding hydrogens is 592 g/mol. The molecule has 2 atom stereocenters. The second kappa shape index (κ2) is 12.9. The number of hydrogen-bond donors (Lipinski definition) is 1. The number of benzene rings is 2. The quantitative estimate of drug-likeness (QED) is 0.329. The number of halogens is 5. The summed E-state index contributed by atoms with van der Waals surface area (Å²) in [5.41, 5.74) is 0.576. The molecule has 198 valence electrons. The molecule has 7 nitrogen and oxygen atoms in total. The summed E-state index contributed by atoms with van der Waals surface area (Å²) >= 11 is 30.5. The molecule has 0 bridgehead atoms. The minimum Gasteiger partial charge on any atom is -0.352 e. The van der Waals surface area contributed by atoms with Crippen LogP contribution in [0.2, 0.25) is 25.1 Å². The maximum atomic E-state index is 13.6. The first-order chi connectivity index (χ1) is 16.6. The lowest BCUT2D eigenvalue weighted by Crippen LogP contribution is -2.52. The van der Waals surface area contributed by atoms with Crippen molar-refractivity contribution in [3.8, 4) is 0 Å². The summed E-state index contributed by atoms with van der Waals surface area (Å²) in [6.07, 6.45) is 1.62. The molecule has 2 amide bonds. The van der Waals surface area contributed by atoms with Gasteiger partial charge in [0.2, 0.25) is 21.8 Å². The van der Waals surface area contributed by atoms with Crippen molar-refractivity contribution in [2.75, 3.05) is 17.1 Å². The van der Waals surface area contributed by atoms with Gasteiger partial charge in [0.05, 0.1) is 37.1 Å². The molecule has 0 saturated carbocycles. The number of carbonyl (C=O) groups is 2. The third-order valence-corrected chi connectivity index (χ3v) is 8.33. The van der Waals surface area contributed by atoms with E-state index in [0.29, 0.717) is 17.0 Å². The summed E-state index contributed by atoms with van der Waals surface area (Å²) in [4.78, 5) is 27.8. The van der Waals surface area contributed by atoms with Crippen LogP contribution in [0.1, 0.15) is 32.8 Å².